The van der Waals surface area contributed by atoms with Crippen molar-refractivity contribution in [1.82, 2.24) is 5.06 Å². The van der Waals surface area contributed by atoms with Gasteiger partial charge >= 0.3 is 7.60 Å². The zero-order valence-electron chi connectivity index (χ0n) is 7.25. The summed E-state index contributed by atoms with van der Waals surface area (Å²) in [5.41, 5.74) is 0. The molecule has 2 N–H and O–H groups in total. The highest BCUT2D eigenvalue weighted by Gasteiger charge is 2.27. The zero-order valence-corrected chi connectivity index (χ0v) is 8.14. The van der Waals surface area contributed by atoms with Crippen molar-refractivity contribution in [3.05, 3.63) is 0 Å². The van der Waals surface area contributed by atoms with Gasteiger partial charge in [0, 0.05) is 0 Å². The van der Waals surface area contributed by atoms with Crippen molar-refractivity contribution < 1.29 is 28.8 Å². The summed E-state index contributed by atoms with van der Waals surface area (Å²) in [6.07, 6.45) is -0.663. The van der Waals surface area contributed by atoms with Gasteiger partial charge in [0.05, 0.1) is 13.0 Å². The van der Waals surface area contributed by atoms with Gasteiger partial charge in [0.1, 0.15) is 12.7 Å². The molecule has 0 aromatic carbocycles. The van der Waals surface area contributed by atoms with E-state index in [0.29, 0.717) is 0 Å². The van der Waals surface area contributed by atoms with E-state index in [9.17, 15) is 14.2 Å². The second-order valence-electron chi connectivity index (χ2n) is 2.88. The number of hydrogen-bond acceptors (Lipinski definition) is 4. The van der Waals surface area contributed by atoms with Crippen molar-refractivity contribution in [2.45, 2.75) is 6.42 Å². The van der Waals surface area contributed by atoms with Gasteiger partial charge in [-0.2, -0.15) is 0 Å². The molecule has 7 nitrogen and oxygen atoms in total. The van der Waals surface area contributed by atoms with E-state index in [4.69, 9.17) is 14.6 Å². The van der Waals surface area contributed by atoms with E-state index >= 15 is 0 Å². The van der Waals surface area contributed by atoms with E-state index in [2.05, 4.69) is 0 Å². The molecular weight excluding hydrogens is 213 g/mol. The van der Waals surface area contributed by atoms with Gasteiger partial charge in [-0.15, -0.1) is 0 Å². The first kappa shape index (κ1) is 11.3. The molecule has 14 heavy (non-hydrogen) atoms. The second kappa shape index (κ2) is 4.18. The molecule has 1 rings (SSSR count). The Bertz CT molecular complexity index is 297. The summed E-state index contributed by atoms with van der Waals surface area (Å²) in [5.74, 6) is -1.06. The third-order valence-corrected chi connectivity index (χ3v) is 2.31. The first-order valence-electron chi connectivity index (χ1n) is 3.88. The number of hydroxylamine groups is 2. The fourth-order valence-corrected chi connectivity index (χ4v) is 1.57. The molecule has 1 amide bonds. The normalized spacial score (nSPS) is 17.6. The molecule has 0 saturated carbocycles. The van der Waals surface area contributed by atoms with E-state index < -0.39 is 26.1 Å². The minimum Gasteiger partial charge on any atom is -0.324 e. The van der Waals surface area contributed by atoms with Crippen LogP contribution >= 0.6 is 7.60 Å². The van der Waals surface area contributed by atoms with Gasteiger partial charge in [-0.05, 0) is 0 Å². The molecule has 1 heterocycles. The number of hydrogen-bond donors (Lipinski definition) is 2. The summed E-state index contributed by atoms with van der Waals surface area (Å²) in [6, 6.07) is 0. The van der Waals surface area contributed by atoms with Crippen LogP contribution in [0.25, 0.3) is 0 Å². The van der Waals surface area contributed by atoms with Crippen LogP contribution in [0.3, 0.4) is 0 Å². The summed E-state index contributed by atoms with van der Waals surface area (Å²) < 4.78 is 10.4. The maximum Gasteiger partial charge on any atom is 0.333 e. The molecule has 0 unspecified atom stereocenters. The Kier molecular flexibility index (Phi) is 3.38. The Morgan fingerprint density at radius 3 is 2.64 bits per heavy atom. The summed E-state index contributed by atoms with van der Waals surface area (Å²) >= 11 is 0. The topological polar surface area (TPSA) is 104 Å². The Balaban J connectivity index is 2.41. The van der Waals surface area contributed by atoms with Crippen LogP contribution in [0.5, 0.6) is 0 Å². The lowest BCUT2D eigenvalue weighted by molar-refractivity contribution is -0.164. The van der Waals surface area contributed by atoms with E-state index in [1.54, 1.807) is 0 Å². The van der Waals surface area contributed by atoms with Gasteiger partial charge in [0.25, 0.3) is 0 Å². The van der Waals surface area contributed by atoms with Gasteiger partial charge < -0.3 is 9.79 Å². The Morgan fingerprint density at radius 1 is 1.57 bits per heavy atom. The van der Waals surface area contributed by atoms with E-state index in [0.717, 1.165) is 5.06 Å². The maximum absolute atomic E-state index is 11.0. The van der Waals surface area contributed by atoms with Crippen LogP contribution in [0.1, 0.15) is 6.42 Å². The van der Waals surface area contributed by atoms with Crippen LogP contribution in [0.15, 0.2) is 0 Å². The van der Waals surface area contributed by atoms with Crippen molar-refractivity contribution in [1.29, 1.82) is 0 Å². The molecule has 0 atom stereocenters. The van der Waals surface area contributed by atoms with E-state index in [-0.39, 0.29) is 18.9 Å². The minimum absolute atomic E-state index is 0.198. The molecule has 1 fully saturated rings. The van der Waals surface area contributed by atoms with Crippen LogP contribution in [0.4, 0.5) is 0 Å². The van der Waals surface area contributed by atoms with Crippen molar-refractivity contribution >= 4 is 19.3 Å². The largest absolute Gasteiger partial charge is 0.333 e. The Hall–Kier alpha value is -0.750. The van der Waals surface area contributed by atoms with Crippen LogP contribution < -0.4 is 0 Å². The molecule has 0 bridgehead atoms. The van der Waals surface area contributed by atoms with E-state index in [1.165, 1.54) is 0 Å². The van der Waals surface area contributed by atoms with E-state index in [1.807, 2.05) is 0 Å². The first-order valence-corrected chi connectivity index (χ1v) is 5.68. The van der Waals surface area contributed by atoms with Crippen molar-refractivity contribution in [2.24, 2.45) is 0 Å². The number of amides is 1. The Labute approximate surface area is 79.8 Å². The van der Waals surface area contributed by atoms with Gasteiger partial charge in [-0.25, -0.2) is 5.06 Å². The molecule has 80 valence electrons. The van der Waals surface area contributed by atoms with Crippen LogP contribution in [0, 0.1) is 0 Å². The molecule has 1 aliphatic heterocycles. The number of rotatable bonds is 4. The SMILES string of the molecule is O=C(CN1OCCC1=O)CP(=O)(O)O. The highest BCUT2D eigenvalue weighted by Crippen LogP contribution is 2.33. The summed E-state index contributed by atoms with van der Waals surface area (Å²) in [4.78, 5) is 43.6. The van der Waals surface area contributed by atoms with Crippen molar-refractivity contribution in [3.63, 3.8) is 0 Å². The molecule has 8 heteroatoms. The number of carbonyl (C=O) groups excluding carboxylic acids is 2. The molecule has 0 aromatic heterocycles. The monoisotopic (exact) mass is 223 g/mol. The number of Topliss-reactive ketones (excluding diaryl/α,β-unsaturated/α-hetero) is 1. The minimum atomic E-state index is -4.34. The van der Waals surface area contributed by atoms with Crippen molar-refractivity contribution in [2.75, 3.05) is 19.3 Å². The zero-order chi connectivity index (χ0) is 10.8. The maximum atomic E-state index is 11.0. The average molecular weight is 223 g/mol. The quantitative estimate of drug-likeness (QED) is 0.586. The standard InChI is InChI=1S/C6H10NO6P/c8-5(4-14(10,11)12)3-7-6(9)1-2-13-7/h1-4H2,(H2,10,11,12). The van der Waals surface area contributed by atoms with Crippen LogP contribution in [0.2, 0.25) is 0 Å². The average Bonchev–Trinajstić information content (AvgIpc) is 2.32. The second-order valence-corrected chi connectivity index (χ2v) is 4.52. The molecular formula is C6H10NO6P. The van der Waals surface area contributed by atoms with Gasteiger partial charge in [0.15, 0.2) is 5.78 Å². The lowest BCUT2D eigenvalue weighted by Crippen LogP contribution is -2.31. The summed E-state index contributed by atoms with van der Waals surface area (Å²) in [7, 11) is -4.34. The highest BCUT2D eigenvalue weighted by atomic mass is 31.2. The highest BCUT2D eigenvalue weighted by molar-refractivity contribution is 7.52. The molecule has 0 aliphatic carbocycles. The predicted octanol–water partition coefficient (Wildman–Crippen LogP) is -1.10. The number of ketones is 1. The van der Waals surface area contributed by atoms with Gasteiger partial charge in [-0.3, -0.25) is 19.0 Å². The number of carbonyl (C=O) groups is 2. The molecule has 1 saturated heterocycles. The molecule has 0 aromatic rings. The summed E-state index contributed by atoms with van der Waals surface area (Å²) in [6.45, 7) is -0.189. The third kappa shape index (κ3) is 3.55. The fraction of sp³-hybridized carbons (Fsp3) is 0.667. The molecule has 0 spiro atoms. The lowest BCUT2D eigenvalue weighted by atomic mass is 10.4. The van der Waals surface area contributed by atoms with Crippen LogP contribution in [-0.2, 0) is 19.0 Å². The Morgan fingerprint density at radius 2 is 2.21 bits per heavy atom. The summed E-state index contributed by atoms with van der Waals surface area (Å²) in [5, 5.41) is 0.831. The lowest BCUT2D eigenvalue weighted by Gasteiger charge is -2.12. The number of nitrogens with zero attached hydrogens (tertiary/aromatic N) is 1. The smallest absolute Gasteiger partial charge is 0.324 e. The van der Waals surface area contributed by atoms with Gasteiger partial charge in [0.2, 0.25) is 5.91 Å². The molecule has 0 radical (unpaired) electrons. The predicted molar refractivity (Wildman–Crippen MR) is 44.2 cm³/mol. The third-order valence-electron chi connectivity index (χ3n) is 1.54. The van der Waals surface area contributed by atoms with Gasteiger partial charge in [-0.1, -0.05) is 0 Å². The van der Waals surface area contributed by atoms with Crippen molar-refractivity contribution in [3.8, 4) is 0 Å². The first-order chi connectivity index (χ1) is 6.38. The molecule has 1 aliphatic rings. The fourth-order valence-electron chi connectivity index (χ4n) is 1.01. The van der Waals surface area contributed by atoms with Crippen LogP contribution in [-0.4, -0.2) is 45.9 Å².